The third kappa shape index (κ3) is 9.37. The summed E-state index contributed by atoms with van der Waals surface area (Å²) in [6.45, 7) is 6.47. The molecule has 24 heavy (non-hydrogen) atoms. The van der Waals surface area contributed by atoms with Crippen LogP contribution in [0.15, 0.2) is 29.3 Å². The molecule has 0 amide bonds. The van der Waals surface area contributed by atoms with Crippen LogP contribution >= 0.6 is 0 Å². The van der Waals surface area contributed by atoms with E-state index in [1.54, 1.807) is 14.2 Å². The molecule has 136 valence electrons. The fourth-order valence-corrected chi connectivity index (χ4v) is 2.06. The number of hydrogen-bond acceptors (Lipinski definition) is 4. The summed E-state index contributed by atoms with van der Waals surface area (Å²) in [6, 6.07) is 8.14. The van der Waals surface area contributed by atoms with Gasteiger partial charge in [0, 0.05) is 33.4 Å². The van der Waals surface area contributed by atoms with Gasteiger partial charge in [-0.15, -0.1) is 0 Å². The summed E-state index contributed by atoms with van der Waals surface area (Å²) in [5, 5.41) is 6.61. The third-order valence-electron chi connectivity index (χ3n) is 3.36. The van der Waals surface area contributed by atoms with Crippen LogP contribution < -0.4 is 15.4 Å². The van der Waals surface area contributed by atoms with Gasteiger partial charge in [-0.3, -0.25) is 4.99 Å². The summed E-state index contributed by atoms with van der Waals surface area (Å²) >= 11 is 0. The van der Waals surface area contributed by atoms with Crippen molar-refractivity contribution in [3.63, 3.8) is 0 Å². The summed E-state index contributed by atoms with van der Waals surface area (Å²) < 4.78 is 15.5. The molecule has 0 unspecified atom stereocenters. The lowest BCUT2D eigenvalue weighted by atomic mass is 10.1. The molecule has 1 aromatic rings. The predicted octanol–water partition coefficient (Wildman–Crippen LogP) is 1.85. The fraction of sp³-hybridized carbons (Fsp3) is 0.611. The van der Waals surface area contributed by atoms with Crippen LogP contribution in [0.25, 0.3) is 0 Å². The molecule has 0 bridgehead atoms. The average Bonchev–Trinajstić information content (AvgIpc) is 2.61. The Bertz CT molecular complexity index is 449. The van der Waals surface area contributed by atoms with Gasteiger partial charge in [0.15, 0.2) is 5.96 Å². The summed E-state index contributed by atoms with van der Waals surface area (Å²) in [4.78, 5) is 4.55. The molecule has 0 aliphatic rings. The van der Waals surface area contributed by atoms with E-state index in [-0.39, 0.29) is 0 Å². The minimum atomic E-state index is 0.638. The normalized spacial score (nSPS) is 11.4. The Morgan fingerprint density at radius 1 is 1.04 bits per heavy atom. The Kier molecular flexibility index (Phi) is 11.5. The molecule has 2 N–H and O–H groups in total. The first-order valence-corrected chi connectivity index (χ1v) is 8.52. The van der Waals surface area contributed by atoms with E-state index in [0.717, 1.165) is 44.2 Å². The van der Waals surface area contributed by atoms with Crippen molar-refractivity contribution < 1.29 is 14.2 Å². The Morgan fingerprint density at radius 2 is 1.83 bits per heavy atom. The highest BCUT2D eigenvalue weighted by Gasteiger charge is 1.98. The lowest BCUT2D eigenvalue weighted by Gasteiger charge is -2.11. The standard InChI is InChI=1S/C18H31N3O3/c1-4-19-18(20-11-5-13-24-15-14-22-2)21-12-10-16-6-8-17(23-3)9-7-16/h6-9H,4-5,10-15H2,1-3H3,(H2,19,20,21). The second-order valence-corrected chi connectivity index (χ2v) is 5.24. The number of nitrogens with zero attached hydrogens (tertiary/aromatic N) is 1. The molecule has 1 aromatic carbocycles. The van der Waals surface area contributed by atoms with Gasteiger partial charge in [0.2, 0.25) is 0 Å². The maximum Gasteiger partial charge on any atom is 0.191 e. The first-order chi connectivity index (χ1) is 11.8. The summed E-state index contributed by atoms with van der Waals surface area (Å²) in [6.07, 6.45) is 1.84. The molecule has 0 saturated heterocycles. The van der Waals surface area contributed by atoms with Gasteiger partial charge in [-0.05, 0) is 37.5 Å². The maximum atomic E-state index is 5.43. The average molecular weight is 337 g/mol. The Balaban J connectivity index is 2.24. The molecule has 0 radical (unpaired) electrons. The molecule has 0 fully saturated rings. The van der Waals surface area contributed by atoms with Gasteiger partial charge in [-0.2, -0.15) is 0 Å². The van der Waals surface area contributed by atoms with E-state index in [9.17, 15) is 0 Å². The molecular weight excluding hydrogens is 306 g/mol. The molecule has 6 nitrogen and oxygen atoms in total. The number of methoxy groups -OCH3 is 2. The number of ether oxygens (including phenoxy) is 3. The molecular formula is C18H31N3O3. The summed E-state index contributed by atoms with van der Waals surface area (Å²) in [7, 11) is 3.35. The fourth-order valence-electron chi connectivity index (χ4n) is 2.06. The molecule has 0 aromatic heterocycles. The van der Waals surface area contributed by atoms with Gasteiger partial charge >= 0.3 is 0 Å². The van der Waals surface area contributed by atoms with Gasteiger partial charge in [-0.1, -0.05) is 12.1 Å². The quantitative estimate of drug-likeness (QED) is 0.346. The molecule has 6 heteroatoms. The van der Waals surface area contributed by atoms with Crippen LogP contribution in [0.2, 0.25) is 0 Å². The second-order valence-electron chi connectivity index (χ2n) is 5.24. The van der Waals surface area contributed by atoms with Crippen molar-refractivity contribution in [1.82, 2.24) is 10.6 Å². The van der Waals surface area contributed by atoms with E-state index in [4.69, 9.17) is 14.2 Å². The van der Waals surface area contributed by atoms with Gasteiger partial charge in [0.1, 0.15) is 5.75 Å². The molecule has 1 rings (SSSR count). The van der Waals surface area contributed by atoms with Crippen LogP contribution in [0.1, 0.15) is 18.9 Å². The van der Waals surface area contributed by atoms with Gasteiger partial charge in [0.25, 0.3) is 0 Å². The van der Waals surface area contributed by atoms with Crippen LogP contribution in [0, 0.1) is 0 Å². The lowest BCUT2D eigenvalue weighted by Crippen LogP contribution is -2.38. The van der Waals surface area contributed by atoms with E-state index >= 15 is 0 Å². The molecule has 0 heterocycles. The largest absolute Gasteiger partial charge is 0.497 e. The Hall–Kier alpha value is -1.79. The van der Waals surface area contributed by atoms with Gasteiger partial charge in [0.05, 0.1) is 20.3 Å². The maximum absolute atomic E-state index is 5.43. The number of rotatable bonds is 12. The second kappa shape index (κ2) is 13.6. The minimum Gasteiger partial charge on any atom is -0.497 e. The number of hydrogen-bond donors (Lipinski definition) is 2. The molecule has 0 atom stereocenters. The highest BCUT2D eigenvalue weighted by molar-refractivity contribution is 5.79. The third-order valence-corrected chi connectivity index (χ3v) is 3.36. The Labute approximate surface area is 145 Å². The predicted molar refractivity (Wildman–Crippen MR) is 98.0 cm³/mol. The van der Waals surface area contributed by atoms with Crippen LogP contribution in [0.4, 0.5) is 0 Å². The van der Waals surface area contributed by atoms with Crippen molar-refractivity contribution in [3.05, 3.63) is 29.8 Å². The van der Waals surface area contributed by atoms with Gasteiger partial charge in [-0.25, -0.2) is 0 Å². The molecule has 0 aliphatic heterocycles. The van der Waals surface area contributed by atoms with Crippen LogP contribution in [-0.4, -0.2) is 59.6 Å². The smallest absolute Gasteiger partial charge is 0.191 e. The van der Waals surface area contributed by atoms with E-state index in [2.05, 4.69) is 34.7 Å². The van der Waals surface area contributed by atoms with Crippen LogP contribution in [0.3, 0.4) is 0 Å². The van der Waals surface area contributed by atoms with E-state index in [0.29, 0.717) is 19.8 Å². The van der Waals surface area contributed by atoms with E-state index in [1.165, 1.54) is 5.56 Å². The minimum absolute atomic E-state index is 0.638. The van der Waals surface area contributed by atoms with Gasteiger partial charge < -0.3 is 24.8 Å². The van der Waals surface area contributed by atoms with Crippen LogP contribution in [0.5, 0.6) is 5.75 Å². The number of guanidine groups is 1. The lowest BCUT2D eigenvalue weighted by molar-refractivity contribution is 0.0702. The molecule has 0 saturated carbocycles. The zero-order valence-corrected chi connectivity index (χ0v) is 15.1. The number of aliphatic imine (C=N–C) groups is 1. The highest BCUT2D eigenvalue weighted by atomic mass is 16.5. The zero-order chi connectivity index (χ0) is 17.5. The first kappa shape index (κ1) is 20.3. The van der Waals surface area contributed by atoms with Crippen molar-refractivity contribution in [3.8, 4) is 5.75 Å². The SMILES string of the molecule is CCNC(=NCCCOCCOC)NCCc1ccc(OC)cc1. The molecule has 0 aliphatic carbocycles. The van der Waals surface area contributed by atoms with E-state index in [1.807, 2.05) is 12.1 Å². The van der Waals surface area contributed by atoms with Crippen LogP contribution in [-0.2, 0) is 15.9 Å². The Morgan fingerprint density at radius 3 is 2.50 bits per heavy atom. The van der Waals surface area contributed by atoms with Crippen molar-refractivity contribution in [2.45, 2.75) is 19.8 Å². The summed E-state index contributed by atoms with van der Waals surface area (Å²) in [5.41, 5.74) is 1.27. The topological polar surface area (TPSA) is 64.1 Å². The number of nitrogens with one attached hydrogen (secondary N) is 2. The van der Waals surface area contributed by atoms with Crippen molar-refractivity contribution in [1.29, 1.82) is 0 Å². The van der Waals surface area contributed by atoms with Crippen molar-refractivity contribution in [2.75, 3.05) is 53.7 Å². The first-order valence-electron chi connectivity index (χ1n) is 8.52. The van der Waals surface area contributed by atoms with Crippen molar-refractivity contribution in [2.24, 2.45) is 4.99 Å². The van der Waals surface area contributed by atoms with E-state index < -0.39 is 0 Å². The molecule has 0 spiro atoms. The number of benzene rings is 1. The zero-order valence-electron chi connectivity index (χ0n) is 15.1. The monoisotopic (exact) mass is 337 g/mol. The van der Waals surface area contributed by atoms with Crippen molar-refractivity contribution >= 4 is 5.96 Å². The summed E-state index contributed by atoms with van der Waals surface area (Å²) in [5.74, 6) is 1.73. The highest BCUT2D eigenvalue weighted by Crippen LogP contribution is 2.11.